The number of nitrogens with zero attached hydrogens (tertiary/aromatic N) is 1. The van der Waals surface area contributed by atoms with Crippen LogP contribution >= 0.6 is 0 Å². The molecule has 1 amide bonds. The molecule has 0 aromatic heterocycles. The smallest absolute Gasteiger partial charge is 0.269 e. The van der Waals surface area contributed by atoms with E-state index in [1.165, 1.54) is 23.6 Å². The second kappa shape index (κ2) is 9.55. The summed E-state index contributed by atoms with van der Waals surface area (Å²) in [5, 5.41) is 2.35. The van der Waals surface area contributed by atoms with Gasteiger partial charge in [0.05, 0.1) is 12.4 Å². The minimum Gasteiger partial charge on any atom is -0.496 e. The largest absolute Gasteiger partial charge is 0.496 e. The van der Waals surface area contributed by atoms with Crippen LogP contribution in [-0.2, 0) is 33.9 Å². The molecule has 2 aliphatic rings. The van der Waals surface area contributed by atoms with E-state index in [0.29, 0.717) is 31.6 Å². The average molecular weight is 447 g/mol. The van der Waals surface area contributed by atoms with Crippen LogP contribution < -0.4 is 10.1 Å². The van der Waals surface area contributed by atoms with Crippen molar-refractivity contribution < 1.29 is 17.9 Å². The molecular formula is C24H34N2O4S. The minimum absolute atomic E-state index is 0.0451. The normalized spacial score (nSPS) is 19.0. The molecule has 6 nitrogen and oxygen atoms in total. The van der Waals surface area contributed by atoms with Crippen molar-refractivity contribution in [1.29, 1.82) is 0 Å². The summed E-state index contributed by atoms with van der Waals surface area (Å²) in [7, 11) is -0.154. The molecule has 3 rings (SSSR count). The molecule has 7 heteroatoms. The van der Waals surface area contributed by atoms with Gasteiger partial charge in [-0.2, -0.15) is 0 Å². The maximum atomic E-state index is 12.6. The van der Waals surface area contributed by atoms with Crippen molar-refractivity contribution in [2.45, 2.75) is 71.0 Å². The zero-order valence-electron chi connectivity index (χ0n) is 19.2. The van der Waals surface area contributed by atoms with Crippen molar-refractivity contribution in [1.82, 2.24) is 5.32 Å². The number of sulfone groups is 1. The number of nitrogens with one attached hydrogen (secondary N) is 1. The molecule has 1 saturated carbocycles. The predicted octanol–water partition coefficient (Wildman–Crippen LogP) is 3.77. The highest BCUT2D eigenvalue weighted by Gasteiger charge is 2.38. The number of allylic oxidation sites excluding steroid dienone is 1. The van der Waals surface area contributed by atoms with Gasteiger partial charge in [-0.1, -0.05) is 19.9 Å². The summed E-state index contributed by atoms with van der Waals surface area (Å²) in [5.74, 6) is 1.11. The van der Waals surface area contributed by atoms with Crippen molar-refractivity contribution in [2.24, 2.45) is 10.9 Å². The van der Waals surface area contributed by atoms with Crippen LogP contribution in [0.25, 0.3) is 0 Å². The number of ether oxygens (including phenoxy) is 1. The lowest BCUT2D eigenvalue weighted by Crippen LogP contribution is -2.23. The third-order valence-electron chi connectivity index (χ3n) is 6.04. The van der Waals surface area contributed by atoms with Crippen LogP contribution in [0, 0.1) is 5.92 Å². The van der Waals surface area contributed by atoms with Gasteiger partial charge in [0.15, 0.2) is 9.84 Å². The molecular weight excluding hydrogens is 412 g/mol. The van der Waals surface area contributed by atoms with E-state index in [1.807, 2.05) is 0 Å². The van der Waals surface area contributed by atoms with E-state index in [4.69, 9.17) is 4.74 Å². The van der Waals surface area contributed by atoms with Crippen LogP contribution in [0.4, 0.5) is 0 Å². The molecule has 31 heavy (non-hydrogen) atoms. The van der Waals surface area contributed by atoms with Crippen LogP contribution in [-0.4, -0.2) is 38.8 Å². The number of amides is 1. The second-order valence-corrected chi connectivity index (χ2v) is 11.3. The van der Waals surface area contributed by atoms with Gasteiger partial charge in [-0.25, -0.2) is 13.4 Å². The summed E-state index contributed by atoms with van der Waals surface area (Å²) in [6.45, 7) is 5.89. The summed E-state index contributed by atoms with van der Waals surface area (Å²) >= 11 is 0. The SMILES string of the molecule is CNC(=O)/C(N=C(C)S(=O)(=O)C1CC1)=C1/CCc2cc(CC(C)C)c(OC)cc2CC1. The van der Waals surface area contributed by atoms with Gasteiger partial charge in [-0.15, -0.1) is 0 Å². The summed E-state index contributed by atoms with van der Waals surface area (Å²) in [6, 6.07) is 4.37. The zero-order chi connectivity index (χ0) is 22.8. The molecule has 0 bridgehead atoms. The van der Waals surface area contributed by atoms with E-state index in [0.717, 1.165) is 30.6 Å². The van der Waals surface area contributed by atoms with Crippen LogP contribution in [0.3, 0.4) is 0 Å². The quantitative estimate of drug-likeness (QED) is 0.312. The first kappa shape index (κ1) is 23.5. The lowest BCUT2D eigenvalue weighted by molar-refractivity contribution is -0.117. The van der Waals surface area contributed by atoms with Crippen molar-refractivity contribution in [3.05, 3.63) is 40.1 Å². The van der Waals surface area contributed by atoms with Crippen molar-refractivity contribution in [3.63, 3.8) is 0 Å². The molecule has 1 aromatic carbocycles. The molecule has 0 heterocycles. The number of aliphatic imine (C=N–C) groups is 1. The highest BCUT2D eigenvalue weighted by Crippen LogP contribution is 2.34. The maximum absolute atomic E-state index is 12.6. The Bertz CT molecular complexity index is 1020. The van der Waals surface area contributed by atoms with Gasteiger partial charge in [-0.3, -0.25) is 4.79 Å². The monoisotopic (exact) mass is 446 g/mol. The Morgan fingerprint density at radius 2 is 1.77 bits per heavy atom. The predicted molar refractivity (Wildman–Crippen MR) is 124 cm³/mol. The fraction of sp³-hybridized carbons (Fsp3) is 0.583. The molecule has 0 saturated heterocycles. The van der Waals surface area contributed by atoms with Gasteiger partial charge in [-0.05, 0) is 86.1 Å². The van der Waals surface area contributed by atoms with Gasteiger partial charge in [0.2, 0.25) is 0 Å². The van der Waals surface area contributed by atoms with Crippen LogP contribution in [0.15, 0.2) is 28.4 Å². The second-order valence-electron chi connectivity index (χ2n) is 8.94. The molecule has 1 fully saturated rings. The van der Waals surface area contributed by atoms with Gasteiger partial charge in [0.1, 0.15) is 16.5 Å². The van der Waals surface area contributed by atoms with Gasteiger partial charge in [0.25, 0.3) is 5.91 Å². The molecule has 0 spiro atoms. The van der Waals surface area contributed by atoms with Crippen molar-refractivity contribution in [2.75, 3.05) is 14.2 Å². The summed E-state index contributed by atoms with van der Waals surface area (Å²) in [6.07, 6.45) is 5.22. The zero-order valence-corrected chi connectivity index (χ0v) is 20.1. The van der Waals surface area contributed by atoms with E-state index in [-0.39, 0.29) is 21.9 Å². The van der Waals surface area contributed by atoms with E-state index < -0.39 is 9.84 Å². The standard InChI is InChI=1S/C24H34N2O4S/c1-15(2)12-20-13-18-8-6-17(7-9-19(18)14-22(20)30-5)23(24(27)25-4)26-16(3)31(28,29)21-10-11-21/h13-15,21H,6-12H2,1-5H3,(H,25,27)/b23-17+,26-16?. The number of methoxy groups -OCH3 is 1. The van der Waals surface area contributed by atoms with E-state index in [1.54, 1.807) is 14.2 Å². The molecule has 0 aliphatic heterocycles. The summed E-state index contributed by atoms with van der Waals surface area (Å²) < 4.78 is 30.8. The number of carbonyl (C=O) groups excluding carboxylic acids is 1. The number of aryl methyl sites for hydroxylation is 2. The number of likely N-dealkylation sites (N-methyl/N-ethyl adjacent to an activating group) is 1. The Kier molecular flexibility index (Phi) is 7.24. The number of hydrogen-bond donors (Lipinski definition) is 1. The molecule has 170 valence electrons. The maximum Gasteiger partial charge on any atom is 0.269 e. The average Bonchev–Trinajstić information content (AvgIpc) is 3.58. The highest BCUT2D eigenvalue weighted by atomic mass is 32.2. The van der Waals surface area contributed by atoms with Crippen LogP contribution in [0.1, 0.15) is 63.1 Å². The Labute approximate surface area is 186 Å². The third kappa shape index (κ3) is 5.37. The Hall–Kier alpha value is -2.15. The molecule has 0 atom stereocenters. The lowest BCUT2D eigenvalue weighted by atomic mass is 9.94. The topological polar surface area (TPSA) is 84.8 Å². The number of benzene rings is 1. The number of hydrogen-bond acceptors (Lipinski definition) is 5. The Morgan fingerprint density at radius 3 is 2.29 bits per heavy atom. The number of carbonyl (C=O) groups is 1. The fourth-order valence-corrected chi connectivity index (χ4v) is 5.61. The molecule has 0 radical (unpaired) electrons. The first-order valence-corrected chi connectivity index (χ1v) is 12.6. The Balaban J connectivity index is 1.96. The first-order valence-electron chi connectivity index (χ1n) is 11.1. The lowest BCUT2D eigenvalue weighted by Gasteiger charge is -2.15. The molecule has 1 N–H and O–H groups in total. The van der Waals surface area contributed by atoms with Gasteiger partial charge in [0, 0.05) is 7.05 Å². The Morgan fingerprint density at radius 1 is 1.16 bits per heavy atom. The third-order valence-corrected chi connectivity index (χ3v) is 8.31. The minimum atomic E-state index is -3.41. The summed E-state index contributed by atoms with van der Waals surface area (Å²) in [4.78, 5) is 17.0. The van der Waals surface area contributed by atoms with E-state index in [9.17, 15) is 13.2 Å². The fourth-order valence-electron chi connectivity index (χ4n) is 4.15. The van der Waals surface area contributed by atoms with Crippen molar-refractivity contribution >= 4 is 20.8 Å². The molecule has 1 aromatic rings. The number of rotatable bonds is 6. The van der Waals surface area contributed by atoms with Crippen molar-refractivity contribution in [3.8, 4) is 5.75 Å². The van der Waals surface area contributed by atoms with E-state index in [2.05, 4.69) is 36.3 Å². The van der Waals surface area contributed by atoms with Crippen LogP contribution in [0.5, 0.6) is 5.75 Å². The first-order chi connectivity index (χ1) is 14.7. The number of fused-ring (bicyclic) bond motifs is 1. The summed E-state index contributed by atoms with van der Waals surface area (Å²) in [5.41, 5.74) is 4.87. The highest BCUT2D eigenvalue weighted by molar-refractivity contribution is 8.07. The van der Waals surface area contributed by atoms with Crippen LogP contribution in [0.2, 0.25) is 0 Å². The molecule has 0 unspecified atom stereocenters. The van der Waals surface area contributed by atoms with Gasteiger partial charge < -0.3 is 10.1 Å². The molecule has 2 aliphatic carbocycles. The van der Waals surface area contributed by atoms with E-state index >= 15 is 0 Å². The van der Waals surface area contributed by atoms with Gasteiger partial charge >= 0.3 is 0 Å².